The second-order valence-corrected chi connectivity index (χ2v) is 8.26. The monoisotopic (exact) mass is 424 g/mol. The van der Waals surface area contributed by atoms with Gasteiger partial charge in [-0.2, -0.15) is 8.78 Å². The van der Waals surface area contributed by atoms with Crippen LogP contribution in [0.15, 0.2) is 30.3 Å². The van der Waals surface area contributed by atoms with Gasteiger partial charge in [-0.1, -0.05) is 18.2 Å². The summed E-state index contributed by atoms with van der Waals surface area (Å²) in [5.41, 5.74) is -0.128. The molecule has 0 spiro atoms. The Bertz CT molecular complexity index is 747. The van der Waals surface area contributed by atoms with Gasteiger partial charge in [-0.25, -0.2) is 4.79 Å². The van der Waals surface area contributed by atoms with Crippen molar-refractivity contribution in [2.45, 2.75) is 52.2 Å². The van der Waals surface area contributed by atoms with Crippen molar-refractivity contribution in [1.82, 2.24) is 10.2 Å². The number of ether oxygens (including phenoxy) is 2. The fourth-order valence-electron chi connectivity index (χ4n) is 3.24. The van der Waals surface area contributed by atoms with Crippen molar-refractivity contribution in [3.05, 3.63) is 35.9 Å². The molecule has 0 aliphatic carbocycles. The van der Waals surface area contributed by atoms with Crippen LogP contribution < -0.4 is 10.1 Å². The predicted molar refractivity (Wildman–Crippen MR) is 110 cm³/mol. The van der Waals surface area contributed by atoms with Gasteiger partial charge in [0, 0.05) is 31.3 Å². The number of carbonyl (C=O) groups excluding carboxylic acids is 2. The quantitative estimate of drug-likeness (QED) is 0.657. The maximum Gasteiger partial charge on any atom is 0.410 e. The minimum Gasteiger partial charge on any atom is -0.444 e. The summed E-state index contributed by atoms with van der Waals surface area (Å²) in [4.78, 5) is 26.0. The van der Waals surface area contributed by atoms with Gasteiger partial charge < -0.3 is 19.7 Å². The lowest BCUT2D eigenvalue weighted by Crippen LogP contribution is -2.43. The van der Waals surface area contributed by atoms with Crippen molar-refractivity contribution in [3.8, 4) is 5.75 Å². The second-order valence-electron chi connectivity index (χ2n) is 8.26. The van der Waals surface area contributed by atoms with E-state index in [4.69, 9.17) is 4.74 Å². The summed E-state index contributed by atoms with van der Waals surface area (Å²) in [5.74, 6) is -0.0154. The average molecular weight is 424 g/mol. The summed E-state index contributed by atoms with van der Waals surface area (Å²) < 4.78 is 34.8. The first-order chi connectivity index (χ1) is 14.1. The number of halogens is 2. The number of likely N-dealkylation sites (tertiary alicyclic amines) is 1. The summed E-state index contributed by atoms with van der Waals surface area (Å²) in [6.07, 6.45) is 5.06. The molecular weight excluding hydrogens is 394 g/mol. The summed E-state index contributed by atoms with van der Waals surface area (Å²) in [7, 11) is 0. The van der Waals surface area contributed by atoms with Crippen LogP contribution in [0, 0.1) is 5.92 Å². The van der Waals surface area contributed by atoms with E-state index < -0.39 is 12.2 Å². The van der Waals surface area contributed by atoms with E-state index in [0.717, 1.165) is 19.3 Å². The molecule has 2 rings (SSSR count). The molecule has 0 bridgehead atoms. The van der Waals surface area contributed by atoms with Crippen LogP contribution in [0.5, 0.6) is 5.75 Å². The lowest BCUT2D eigenvalue weighted by Gasteiger charge is -2.34. The number of hydrogen-bond donors (Lipinski definition) is 1. The average Bonchev–Trinajstić information content (AvgIpc) is 2.66. The molecule has 1 saturated heterocycles. The minimum atomic E-state index is -2.93. The first-order valence-corrected chi connectivity index (χ1v) is 10.1. The fourth-order valence-corrected chi connectivity index (χ4v) is 3.24. The molecule has 166 valence electrons. The first kappa shape index (κ1) is 23.6. The smallest absolute Gasteiger partial charge is 0.410 e. The highest BCUT2D eigenvalue weighted by atomic mass is 19.3. The zero-order valence-electron chi connectivity index (χ0n) is 17.7. The number of nitrogens with one attached hydrogen (secondary N) is 1. The SMILES string of the molecule is CC(C)(C)OC(=O)N1CCCC(CCNC(=O)/C=C/c2ccccc2OC(F)F)C1. The van der Waals surface area contributed by atoms with Crippen LogP contribution >= 0.6 is 0 Å². The molecule has 0 saturated carbocycles. The number of amides is 2. The number of nitrogens with zero attached hydrogens (tertiary/aromatic N) is 1. The van der Waals surface area contributed by atoms with E-state index in [-0.39, 0.29) is 23.7 Å². The van der Waals surface area contributed by atoms with Gasteiger partial charge in [0.2, 0.25) is 5.91 Å². The van der Waals surface area contributed by atoms with Crippen molar-refractivity contribution < 1.29 is 27.8 Å². The number of rotatable bonds is 7. The van der Waals surface area contributed by atoms with E-state index in [1.165, 1.54) is 18.2 Å². The van der Waals surface area contributed by atoms with Crippen LogP contribution in [0.4, 0.5) is 13.6 Å². The molecule has 1 N–H and O–H groups in total. The van der Waals surface area contributed by atoms with E-state index in [2.05, 4.69) is 10.1 Å². The lowest BCUT2D eigenvalue weighted by molar-refractivity contribution is -0.116. The Hall–Kier alpha value is -2.64. The van der Waals surface area contributed by atoms with E-state index >= 15 is 0 Å². The van der Waals surface area contributed by atoms with Crippen LogP contribution in [0.2, 0.25) is 0 Å². The molecule has 0 aromatic heterocycles. The molecule has 30 heavy (non-hydrogen) atoms. The summed E-state index contributed by atoms with van der Waals surface area (Å²) in [6.45, 7) is 4.35. The maximum atomic E-state index is 12.4. The molecule has 1 aliphatic rings. The summed E-state index contributed by atoms with van der Waals surface area (Å²) in [5, 5.41) is 2.79. The number of hydrogen-bond acceptors (Lipinski definition) is 4. The Morgan fingerprint density at radius 3 is 2.73 bits per heavy atom. The predicted octanol–water partition coefficient (Wildman–Crippen LogP) is 4.45. The maximum absolute atomic E-state index is 12.4. The molecule has 1 aromatic rings. The number of benzene rings is 1. The zero-order chi connectivity index (χ0) is 22.1. The van der Waals surface area contributed by atoms with Gasteiger partial charge in [0.25, 0.3) is 0 Å². The first-order valence-electron chi connectivity index (χ1n) is 10.1. The normalized spacial score (nSPS) is 17.3. The highest BCUT2D eigenvalue weighted by Crippen LogP contribution is 2.22. The van der Waals surface area contributed by atoms with Crippen molar-refractivity contribution in [1.29, 1.82) is 0 Å². The van der Waals surface area contributed by atoms with Crippen molar-refractivity contribution in [2.24, 2.45) is 5.92 Å². The molecule has 6 nitrogen and oxygen atoms in total. The van der Waals surface area contributed by atoms with E-state index in [1.807, 2.05) is 20.8 Å². The molecule has 1 unspecified atom stereocenters. The molecule has 8 heteroatoms. The Morgan fingerprint density at radius 2 is 2.03 bits per heavy atom. The third-order valence-electron chi connectivity index (χ3n) is 4.57. The van der Waals surface area contributed by atoms with Gasteiger partial charge in [-0.15, -0.1) is 0 Å². The van der Waals surface area contributed by atoms with Crippen LogP contribution in [-0.2, 0) is 9.53 Å². The molecule has 1 atom stereocenters. The van der Waals surface area contributed by atoms with Crippen LogP contribution in [-0.4, -0.2) is 48.7 Å². The molecule has 1 aliphatic heterocycles. The molecule has 2 amide bonds. The highest BCUT2D eigenvalue weighted by Gasteiger charge is 2.27. The third-order valence-corrected chi connectivity index (χ3v) is 4.57. The fraction of sp³-hybridized carbons (Fsp3) is 0.545. The second kappa shape index (κ2) is 10.9. The number of para-hydroxylation sites is 1. The zero-order valence-corrected chi connectivity index (χ0v) is 17.7. The Labute approximate surface area is 176 Å². The van der Waals surface area contributed by atoms with Crippen molar-refractivity contribution in [2.75, 3.05) is 19.6 Å². The standard InChI is InChI=1S/C22H30F2N2O4/c1-22(2,3)30-21(28)26-14-6-7-16(15-26)12-13-25-19(27)11-10-17-8-4-5-9-18(17)29-20(23)24/h4-5,8-11,16,20H,6-7,12-15H2,1-3H3,(H,25,27)/b11-10+. The minimum absolute atomic E-state index is 0.0148. The van der Waals surface area contributed by atoms with Gasteiger partial charge in [0.15, 0.2) is 0 Å². The molecule has 1 heterocycles. The summed E-state index contributed by atoms with van der Waals surface area (Å²) in [6, 6.07) is 6.27. The Kier molecular flexibility index (Phi) is 8.62. The number of carbonyl (C=O) groups is 2. The van der Waals surface area contributed by atoms with E-state index in [0.29, 0.717) is 25.2 Å². The molecular formula is C22H30F2N2O4. The Morgan fingerprint density at radius 1 is 1.30 bits per heavy atom. The molecule has 0 radical (unpaired) electrons. The topological polar surface area (TPSA) is 67.9 Å². The van der Waals surface area contributed by atoms with Gasteiger partial charge in [0.05, 0.1) is 0 Å². The van der Waals surface area contributed by atoms with Gasteiger partial charge >= 0.3 is 12.7 Å². The third kappa shape index (κ3) is 8.39. The summed E-state index contributed by atoms with van der Waals surface area (Å²) >= 11 is 0. The molecule has 1 aromatic carbocycles. The number of piperidine rings is 1. The van der Waals surface area contributed by atoms with Gasteiger partial charge in [-0.05, 0) is 58.1 Å². The number of alkyl halides is 2. The van der Waals surface area contributed by atoms with Crippen LogP contribution in [0.25, 0.3) is 6.08 Å². The Balaban J connectivity index is 1.78. The van der Waals surface area contributed by atoms with E-state index in [1.54, 1.807) is 23.1 Å². The largest absolute Gasteiger partial charge is 0.444 e. The lowest BCUT2D eigenvalue weighted by atomic mass is 9.95. The van der Waals surface area contributed by atoms with Crippen molar-refractivity contribution >= 4 is 18.1 Å². The van der Waals surface area contributed by atoms with E-state index in [9.17, 15) is 18.4 Å². The molecule has 1 fully saturated rings. The van der Waals surface area contributed by atoms with Gasteiger partial charge in [0.1, 0.15) is 11.4 Å². The van der Waals surface area contributed by atoms with Crippen LogP contribution in [0.3, 0.4) is 0 Å². The van der Waals surface area contributed by atoms with Crippen molar-refractivity contribution in [3.63, 3.8) is 0 Å². The highest BCUT2D eigenvalue weighted by molar-refractivity contribution is 5.92. The van der Waals surface area contributed by atoms with Crippen LogP contribution in [0.1, 0.15) is 45.6 Å². The van der Waals surface area contributed by atoms with Gasteiger partial charge in [-0.3, -0.25) is 4.79 Å².